The van der Waals surface area contributed by atoms with Crippen LogP contribution in [0.15, 0.2) is 18.2 Å². The lowest BCUT2D eigenvalue weighted by molar-refractivity contribution is -0.159. The quantitative estimate of drug-likeness (QED) is 0.841. The summed E-state index contributed by atoms with van der Waals surface area (Å²) in [4.78, 5) is 22.6. The molecule has 0 aliphatic rings. The molecule has 8 heteroatoms. The van der Waals surface area contributed by atoms with Crippen molar-refractivity contribution >= 4 is 11.9 Å². The second-order valence-corrected chi connectivity index (χ2v) is 4.77. The molecule has 0 saturated carbocycles. The minimum absolute atomic E-state index is 0.271. The molecule has 0 fully saturated rings. The lowest BCUT2D eigenvalue weighted by Gasteiger charge is -2.17. The Bertz CT molecular complexity index is 558. The Balaban J connectivity index is 2.80. The van der Waals surface area contributed by atoms with Gasteiger partial charge in [-0.2, -0.15) is 13.2 Å². The number of aliphatic carboxylic acids is 1. The fraction of sp³-hybridized carbons (Fsp3) is 0.429. The van der Waals surface area contributed by atoms with Crippen LogP contribution in [0.3, 0.4) is 0 Å². The molecule has 1 aromatic rings. The van der Waals surface area contributed by atoms with Gasteiger partial charge in [0.2, 0.25) is 5.91 Å². The maximum atomic E-state index is 12.3. The summed E-state index contributed by atoms with van der Waals surface area (Å²) in [7, 11) is 1.40. The van der Waals surface area contributed by atoms with Gasteiger partial charge in [-0.15, -0.1) is 0 Å². The van der Waals surface area contributed by atoms with Crippen molar-refractivity contribution < 1.29 is 32.6 Å². The van der Waals surface area contributed by atoms with E-state index in [1.807, 2.05) is 5.32 Å². The van der Waals surface area contributed by atoms with Gasteiger partial charge in [0.25, 0.3) is 0 Å². The number of carboxylic acid groups (broad SMARTS) is 1. The zero-order valence-corrected chi connectivity index (χ0v) is 12.0. The minimum Gasteiger partial charge on any atom is -0.496 e. The third kappa shape index (κ3) is 5.63. The molecule has 0 spiro atoms. The lowest BCUT2D eigenvalue weighted by Crippen LogP contribution is -2.44. The third-order valence-electron chi connectivity index (χ3n) is 2.86. The topological polar surface area (TPSA) is 75.6 Å². The molecule has 0 heterocycles. The highest BCUT2D eigenvalue weighted by Gasteiger charge is 2.36. The number of rotatable bonds is 6. The van der Waals surface area contributed by atoms with Crippen molar-refractivity contribution in [2.75, 3.05) is 7.11 Å². The van der Waals surface area contributed by atoms with Crippen molar-refractivity contribution in [3.05, 3.63) is 29.3 Å². The lowest BCUT2D eigenvalue weighted by atomic mass is 10.1. The summed E-state index contributed by atoms with van der Waals surface area (Å²) in [6.07, 6.45) is -6.58. The van der Waals surface area contributed by atoms with Crippen LogP contribution in [-0.2, 0) is 16.0 Å². The average molecular weight is 319 g/mol. The van der Waals surface area contributed by atoms with Crippen LogP contribution in [0.1, 0.15) is 17.5 Å². The molecular formula is C14H16F3NO4. The van der Waals surface area contributed by atoms with Gasteiger partial charge in [-0.3, -0.25) is 4.79 Å². The molecule has 1 unspecified atom stereocenters. The van der Waals surface area contributed by atoms with Crippen molar-refractivity contribution in [2.24, 2.45) is 0 Å². The molecule has 0 radical (unpaired) electrons. The summed E-state index contributed by atoms with van der Waals surface area (Å²) in [5, 5.41) is 10.6. The number of hydrogen-bond donors (Lipinski definition) is 2. The number of carboxylic acids is 1. The largest absolute Gasteiger partial charge is 0.496 e. The standard InChI is InChI=1S/C14H16F3NO4/c1-8-3-4-11(22-2)9(5-8)6-12(19)18-10(13(20)21)7-14(15,16)17/h3-5,10H,6-7H2,1-2H3,(H,18,19)(H,20,21). The number of nitrogens with one attached hydrogen (secondary N) is 1. The van der Waals surface area contributed by atoms with Crippen LogP contribution in [0.4, 0.5) is 13.2 Å². The number of methoxy groups -OCH3 is 1. The summed E-state index contributed by atoms with van der Waals surface area (Å²) in [6.45, 7) is 1.78. The van der Waals surface area contributed by atoms with E-state index in [0.717, 1.165) is 5.56 Å². The Kier molecular flexibility index (Phi) is 5.78. The predicted octanol–water partition coefficient (Wildman–Crippen LogP) is 2.07. The van der Waals surface area contributed by atoms with Gasteiger partial charge in [-0.25, -0.2) is 4.79 Å². The molecule has 0 aliphatic heterocycles. The molecule has 122 valence electrons. The van der Waals surface area contributed by atoms with Crippen molar-refractivity contribution in [2.45, 2.75) is 32.0 Å². The molecular weight excluding hydrogens is 303 g/mol. The monoisotopic (exact) mass is 319 g/mol. The van der Waals surface area contributed by atoms with Crippen molar-refractivity contribution in [3.8, 4) is 5.75 Å². The normalized spacial score (nSPS) is 12.6. The summed E-state index contributed by atoms with van der Waals surface area (Å²) in [6, 6.07) is 3.02. The molecule has 22 heavy (non-hydrogen) atoms. The minimum atomic E-state index is -4.68. The highest BCUT2D eigenvalue weighted by atomic mass is 19.4. The molecule has 0 aliphatic carbocycles. The number of benzene rings is 1. The second kappa shape index (κ2) is 7.15. The van der Waals surface area contributed by atoms with Gasteiger partial charge in [0.15, 0.2) is 0 Å². The fourth-order valence-electron chi connectivity index (χ4n) is 1.90. The van der Waals surface area contributed by atoms with Crippen LogP contribution in [-0.4, -0.2) is 36.3 Å². The molecule has 0 saturated heterocycles. The number of halogens is 3. The number of amides is 1. The Morgan fingerprint density at radius 3 is 2.50 bits per heavy atom. The van der Waals surface area contributed by atoms with E-state index in [4.69, 9.17) is 9.84 Å². The van der Waals surface area contributed by atoms with Crippen molar-refractivity contribution in [1.29, 1.82) is 0 Å². The summed E-state index contributed by atoms with van der Waals surface area (Å²) < 4.78 is 41.9. The Morgan fingerprint density at radius 1 is 1.36 bits per heavy atom. The number of hydrogen-bond acceptors (Lipinski definition) is 3. The first kappa shape index (κ1) is 17.8. The Labute approximate surface area is 125 Å². The maximum Gasteiger partial charge on any atom is 0.391 e. The molecule has 5 nitrogen and oxygen atoms in total. The Hall–Kier alpha value is -2.25. The maximum absolute atomic E-state index is 12.3. The van der Waals surface area contributed by atoms with Crippen LogP contribution in [0, 0.1) is 6.92 Å². The molecule has 1 aromatic carbocycles. The number of carbonyl (C=O) groups is 2. The van der Waals surface area contributed by atoms with Gasteiger partial charge < -0.3 is 15.2 Å². The van der Waals surface area contributed by atoms with Gasteiger partial charge in [0.05, 0.1) is 20.0 Å². The zero-order valence-electron chi connectivity index (χ0n) is 12.0. The van der Waals surface area contributed by atoms with Crippen molar-refractivity contribution in [1.82, 2.24) is 5.32 Å². The van der Waals surface area contributed by atoms with Gasteiger partial charge in [-0.1, -0.05) is 17.7 Å². The molecule has 1 amide bonds. The number of alkyl halides is 3. The van der Waals surface area contributed by atoms with Crippen LogP contribution in [0.5, 0.6) is 5.75 Å². The van der Waals surface area contributed by atoms with E-state index in [-0.39, 0.29) is 6.42 Å². The van der Waals surface area contributed by atoms with Gasteiger partial charge >= 0.3 is 12.1 Å². The van der Waals surface area contributed by atoms with Crippen LogP contribution < -0.4 is 10.1 Å². The van der Waals surface area contributed by atoms with Crippen molar-refractivity contribution in [3.63, 3.8) is 0 Å². The van der Waals surface area contributed by atoms with E-state index in [1.165, 1.54) is 7.11 Å². The highest BCUT2D eigenvalue weighted by Crippen LogP contribution is 2.23. The molecule has 2 N–H and O–H groups in total. The van der Waals surface area contributed by atoms with E-state index in [1.54, 1.807) is 25.1 Å². The third-order valence-corrected chi connectivity index (χ3v) is 2.86. The van der Waals surface area contributed by atoms with Crippen LogP contribution in [0.2, 0.25) is 0 Å². The first-order valence-corrected chi connectivity index (χ1v) is 6.35. The Morgan fingerprint density at radius 2 is 2.00 bits per heavy atom. The first-order valence-electron chi connectivity index (χ1n) is 6.35. The van der Waals surface area contributed by atoms with Gasteiger partial charge in [-0.05, 0) is 13.0 Å². The smallest absolute Gasteiger partial charge is 0.391 e. The highest BCUT2D eigenvalue weighted by molar-refractivity contribution is 5.85. The van der Waals surface area contributed by atoms with E-state index >= 15 is 0 Å². The van der Waals surface area contributed by atoms with Crippen LogP contribution >= 0.6 is 0 Å². The first-order chi connectivity index (χ1) is 10.1. The molecule has 1 atom stereocenters. The summed E-state index contributed by atoms with van der Waals surface area (Å²) >= 11 is 0. The molecule has 1 rings (SSSR count). The van der Waals surface area contributed by atoms with Gasteiger partial charge in [0.1, 0.15) is 11.8 Å². The molecule has 0 aromatic heterocycles. The summed E-state index contributed by atoms with van der Waals surface area (Å²) in [5.41, 5.74) is 1.31. The summed E-state index contributed by atoms with van der Waals surface area (Å²) in [5.74, 6) is -2.15. The second-order valence-electron chi connectivity index (χ2n) is 4.77. The van der Waals surface area contributed by atoms with Crippen LogP contribution in [0.25, 0.3) is 0 Å². The van der Waals surface area contributed by atoms with E-state index in [9.17, 15) is 22.8 Å². The van der Waals surface area contributed by atoms with E-state index in [0.29, 0.717) is 11.3 Å². The van der Waals surface area contributed by atoms with E-state index < -0.39 is 30.5 Å². The molecule has 0 bridgehead atoms. The number of ether oxygens (including phenoxy) is 1. The number of carbonyl (C=O) groups excluding carboxylic acids is 1. The van der Waals surface area contributed by atoms with Gasteiger partial charge in [0, 0.05) is 5.56 Å². The number of aryl methyl sites for hydroxylation is 1. The predicted molar refractivity (Wildman–Crippen MR) is 71.7 cm³/mol. The zero-order chi connectivity index (χ0) is 16.9. The average Bonchev–Trinajstić information content (AvgIpc) is 2.36. The SMILES string of the molecule is COc1ccc(C)cc1CC(=O)NC(CC(F)(F)F)C(=O)O. The van der Waals surface area contributed by atoms with E-state index in [2.05, 4.69) is 0 Å². The fourth-order valence-corrected chi connectivity index (χ4v) is 1.90.